The Morgan fingerprint density at radius 1 is 1.44 bits per heavy atom. The van der Waals surface area contributed by atoms with Gasteiger partial charge in [-0.2, -0.15) is 0 Å². The molecule has 3 N–H and O–H groups in total. The van der Waals surface area contributed by atoms with Gasteiger partial charge in [0.15, 0.2) is 0 Å². The third-order valence-corrected chi connectivity index (χ3v) is 4.04. The molecule has 4 unspecified atom stereocenters. The molecule has 1 rings (SSSR count). The summed E-state index contributed by atoms with van der Waals surface area (Å²) in [5.41, 5.74) is 5.55. The monoisotopic (exact) mass is 225 g/mol. The molecule has 0 spiro atoms. The molecule has 94 valence electrons. The first-order valence-corrected chi connectivity index (χ1v) is 6.54. The van der Waals surface area contributed by atoms with Gasteiger partial charge in [0, 0.05) is 25.0 Å². The van der Waals surface area contributed by atoms with Gasteiger partial charge in [-0.15, -0.1) is 0 Å². The second kappa shape index (κ2) is 5.67. The van der Waals surface area contributed by atoms with E-state index in [4.69, 9.17) is 11.1 Å². The first-order valence-electron chi connectivity index (χ1n) is 6.54. The normalized spacial score (nSPS) is 33.6. The second-order valence-electron chi connectivity index (χ2n) is 5.55. The van der Waals surface area contributed by atoms with Crippen molar-refractivity contribution in [2.24, 2.45) is 17.6 Å². The van der Waals surface area contributed by atoms with Crippen molar-refractivity contribution in [3.63, 3.8) is 0 Å². The lowest BCUT2D eigenvalue weighted by Crippen LogP contribution is -2.51. The largest absolute Gasteiger partial charge is 0.388 e. The molecule has 0 aromatic carbocycles. The molecule has 0 aliphatic carbocycles. The van der Waals surface area contributed by atoms with Crippen LogP contribution < -0.4 is 5.73 Å². The van der Waals surface area contributed by atoms with Gasteiger partial charge in [0.25, 0.3) is 0 Å². The van der Waals surface area contributed by atoms with Gasteiger partial charge in [-0.3, -0.25) is 10.3 Å². The molecule has 1 fully saturated rings. The number of nitrogens with one attached hydrogen (secondary N) is 1. The Hall–Kier alpha value is -0.570. The lowest BCUT2D eigenvalue weighted by Gasteiger charge is -2.45. The summed E-state index contributed by atoms with van der Waals surface area (Å²) in [4.78, 5) is 2.57. The topological polar surface area (TPSA) is 53.1 Å². The Balaban J connectivity index is 2.70. The van der Waals surface area contributed by atoms with Gasteiger partial charge in [0.1, 0.15) is 0 Å². The molecule has 1 aliphatic heterocycles. The van der Waals surface area contributed by atoms with E-state index in [2.05, 4.69) is 32.6 Å². The van der Waals surface area contributed by atoms with Crippen LogP contribution >= 0.6 is 0 Å². The Kier molecular flexibility index (Phi) is 4.78. The molecule has 4 atom stereocenters. The van der Waals surface area contributed by atoms with Crippen molar-refractivity contribution in [2.45, 2.75) is 59.0 Å². The van der Waals surface area contributed by atoms with Crippen molar-refractivity contribution in [1.29, 1.82) is 5.41 Å². The molecule has 1 aliphatic rings. The van der Waals surface area contributed by atoms with Crippen LogP contribution in [0.1, 0.15) is 47.0 Å². The van der Waals surface area contributed by atoms with E-state index in [0.29, 0.717) is 17.9 Å². The highest BCUT2D eigenvalue weighted by Gasteiger charge is 2.32. The summed E-state index contributed by atoms with van der Waals surface area (Å²) in [6, 6.07) is 1.08. The smallest absolute Gasteiger partial charge is 0.0921 e. The summed E-state index contributed by atoms with van der Waals surface area (Å²) in [6.45, 7) is 10.4. The number of likely N-dealkylation sites (tertiary alicyclic amines) is 1. The van der Waals surface area contributed by atoms with Crippen LogP contribution in [0.25, 0.3) is 0 Å². The van der Waals surface area contributed by atoms with Crippen LogP contribution in [-0.2, 0) is 0 Å². The van der Waals surface area contributed by atoms with Gasteiger partial charge in [0.2, 0.25) is 0 Å². The molecule has 0 radical (unpaired) electrons. The zero-order chi connectivity index (χ0) is 12.3. The third kappa shape index (κ3) is 3.21. The molecular formula is C13H27N3. The summed E-state index contributed by atoms with van der Waals surface area (Å²) < 4.78 is 0. The fourth-order valence-corrected chi connectivity index (χ4v) is 2.99. The Morgan fingerprint density at radius 2 is 2.06 bits per heavy atom. The Bertz CT molecular complexity index is 239. The lowest BCUT2D eigenvalue weighted by atomic mass is 9.84. The summed E-state index contributed by atoms with van der Waals surface area (Å²) in [6.07, 6.45) is 3.14. The number of nitrogens with two attached hydrogens (primary N) is 1. The average molecular weight is 225 g/mol. The van der Waals surface area contributed by atoms with Crippen LogP contribution in [-0.4, -0.2) is 29.4 Å². The fourth-order valence-electron chi connectivity index (χ4n) is 2.99. The molecule has 16 heavy (non-hydrogen) atoms. The SMILES string of the molecule is CCC(CC(=N)N)N1CC(C)CC(C)C1C. The molecule has 1 heterocycles. The van der Waals surface area contributed by atoms with E-state index >= 15 is 0 Å². The lowest BCUT2D eigenvalue weighted by molar-refractivity contribution is 0.0409. The molecule has 0 bridgehead atoms. The second-order valence-corrected chi connectivity index (χ2v) is 5.55. The molecule has 3 heteroatoms. The summed E-state index contributed by atoms with van der Waals surface area (Å²) in [5.74, 6) is 1.85. The standard InChI is InChI=1S/C13H27N3/c1-5-12(7-13(14)15)16-8-9(2)6-10(3)11(16)4/h9-12H,5-8H2,1-4H3,(H3,14,15). The minimum absolute atomic E-state index is 0.324. The zero-order valence-corrected chi connectivity index (χ0v) is 11.2. The maximum Gasteiger partial charge on any atom is 0.0921 e. The number of rotatable bonds is 4. The van der Waals surface area contributed by atoms with Gasteiger partial charge < -0.3 is 5.73 Å². The van der Waals surface area contributed by atoms with E-state index in [9.17, 15) is 0 Å². The van der Waals surface area contributed by atoms with Crippen LogP contribution in [0.5, 0.6) is 0 Å². The highest BCUT2D eigenvalue weighted by atomic mass is 15.2. The number of hydrogen-bond donors (Lipinski definition) is 2. The molecule has 1 saturated heterocycles. The van der Waals surface area contributed by atoms with Crippen molar-refractivity contribution < 1.29 is 0 Å². The predicted octanol–water partition coefficient (Wildman–Crippen LogP) is 2.46. The van der Waals surface area contributed by atoms with Crippen LogP contribution in [0.3, 0.4) is 0 Å². The first-order chi connectivity index (χ1) is 7.45. The Labute approximate surface area is 99.9 Å². The summed E-state index contributed by atoms with van der Waals surface area (Å²) in [7, 11) is 0. The van der Waals surface area contributed by atoms with Crippen LogP contribution in [0.15, 0.2) is 0 Å². The van der Waals surface area contributed by atoms with Gasteiger partial charge in [0.05, 0.1) is 5.84 Å². The van der Waals surface area contributed by atoms with Crippen LogP contribution in [0.4, 0.5) is 0 Å². The number of hydrogen-bond acceptors (Lipinski definition) is 2. The molecule has 0 aromatic heterocycles. The predicted molar refractivity (Wildman–Crippen MR) is 69.7 cm³/mol. The van der Waals surface area contributed by atoms with Crippen molar-refractivity contribution in [3.8, 4) is 0 Å². The minimum atomic E-state index is 0.324. The number of nitrogens with zero attached hydrogens (tertiary/aromatic N) is 1. The first kappa shape index (κ1) is 13.5. The molecule has 0 saturated carbocycles. The van der Waals surface area contributed by atoms with Crippen molar-refractivity contribution in [3.05, 3.63) is 0 Å². The van der Waals surface area contributed by atoms with E-state index in [1.165, 1.54) is 6.42 Å². The van der Waals surface area contributed by atoms with Crippen molar-refractivity contribution >= 4 is 5.84 Å². The van der Waals surface area contributed by atoms with E-state index in [1.807, 2.05) is 0 Å². The summed E-state index contributed by atoms with van der Waals surface area (Å²) in [5, 5.41) is 7.46. The molecule has 0 amide bonds. The van der Waals surface area contributed by atoms with Crippen LogP contribution in [0.2, 0.25) is 0 Å². The molecule has 0 aromatic rings. The quantitative estimate of drug-likeness (QED) is 0.570. The highest BCUT2D eigenvalue weighted by Crippen LogP contribution is 2.29. The minimum Gasteiger partial charge on any atom is -0.388 e. The third-order valence-electron chi connectivity index (χ3n) is 4.04. The molecular weight excluding hydrogens is 198 g/mol. The van der Waals surface area contributed by atoms with Gasteiger partial charge in [-0.1, -0.05) is 20.8 Å². The van der Waals surface area contributed by atoms with E-state index in [-0.39, 0.29) is 0 Å². The highest BCUT2D eigenvalue weighted by molar-refractivity contribution is 5.77. The van der Waals surface area contributed by atoms with Crippen molar-refractivity contribution in [2.75, 3.05) is 6.54 Å². The Morgan fingerprint density at radius 3 is 2.56 bits per heavy atom. The van der Waals surface area contributed by atoms with Gasteiger partial charge >= 0.3 is 0 Å². The zero-order valence-electron chi connectivity index (χ0n) is 11.2. The number of amidine groups is 1. The summed E-state index contributed by atoms with van der Waals surface area (Å²) >= 11 is 0. The fraction of sp³-hybridized carbons (Fsp3) is 0.923. The van der Waals surface area contributed by atoms with E-state index < -0.39 is 0 Å². The number of piperidine rings is 1. The average Bonchev–Trinajstić information content (AvgIpc) is 2.20. The molecule has 3 nitrogen and oxygen atoms in total. The van der Waals surface area contributed by atoms with Gasteiger partial charge in [-0.25, -0.2) is 0 Å². The maximum atomic E-state index is 7.46. The van der Waals surface area contributed by atoms with Crippen LogP contribution in [0, 0.1) is 17.2 Å². The van der Waals surface area contributed by atoms with Gasteiger partial charge in [-0.05, 0) is 31.6 Å². The maximum absolute atomic E-state index is 7.46. The van der Waals surface area contributed by atoms with Crippen molar-refractivity contribution in [1.82, 2.24) is 4.90 Å². The van der Waals surface area contributed by atoms with E-state index in [0.717, 1.165) is 31.2 Å². The van der Waals surface area contributed by atoms with E-state index in [1.54, 1.807) is 0 Å².